The van der Waals surface area contributed by atoms with Crippen LogP contribution in [-0.4, -0.2) is 38.2 Å². The van der Waals surface area contributed by atoms with Crippen molar-refractivity contribution < 1.29 is 13.5 Å². The van der Waals surface area contributed by atoms with E-state index in [-0.39, 0.29) is 17.3 Å². The lowest BCUT2D eigenvalue weighted by molar-refractivity contribution is -0.0121. The fraction of sp³-hybridized carbons (Fsp3) is 1.00. The Bertz CT molecular complexity index is 315. The van der Waals surface area contributed by atoms with Gasteiger partial charge in [0.25, 0.3) is 0 Å². The van der Waals surface area contributed by atoms with Gasteiger partial charge in [-0.3, -0.25) is 0 Å². The summed E-state index contributed by atoms with van der Waals surface area (Å²) in [5.41, 5.74) is 5.54. The van der Waals surface area contributed by atoms with Gasteiger partial charge in [0.1, 0.15) is 9.84 Å². The summed E-state index contributed by atoms with van der Waals surface area (Å²) in [6.45, 7) is 0.456. The maximum Gasteiger partial charge on any atom is 0.147 e. The standard InChI is InChI=1S/C11H23NO3S/c1-16(14,15)8-4-7-11(9-12)6-3-2-5-10(11)13/h10,13H,2-9,12H2,1H3. The molecule has 2 atom stereocenters. The molecule has 1 saturated carbocycles. The van der Waals surface area contributed by atoms with E-state index in [0.29, 0.717) is 13.0 Å². The summed E-state index contributed by atoms with van der Waals surface area (Å²) in [6.07, 6.45) is 6.09. The van der Waals surface area contributed by atoms with Gasteiger partial charge in [-0.25, -0.2) is 8.42 Å². The Morgan fingerprint density at radius 3 is 2.62 bits per heavy atom. The molecule has 0 radical (unpaired) electrons. The summed E-state index contributed by atoms with van der Waals surface area (Å²) in [5, 5.41) is 10.0. The third-order valence-corrected chi connectivity index (χ3v) is 4.74. The Morgan fingerprint density at radius 2 is 2.12 bits per heavy atom. The fourth-order valence-corrected chi connectivity index (χ4v) is 3.27. The quantitative estimate of drug-likeness (QED) is 0.751. The molecule has 5 heteroatoms. The lowest BCUT2D eigenvalue weighted by Gasteiger charge is -2.41. The van der Waals surface area contributed by atoms with Crippen LogP contribution in [0.4, 0.5) is 0 Å². The maximum absolute atomic E-state index is 11.1. The van der Waals surface area contributed by atoms with Gasteiger partial charge in [0.05, 0.1) is 6.10 Å². The van der Waals surface area contributed by atoms with Gasteiger partial charge in [-0.1, -0.05) is 12.8 Å². The molecule has 0 saturated heterocycles. The predicted molar refractivity (Wildman–Crippen MR) is 64.9 cm³/mol. The van der Waals surface area contributed by atoms with E-state index >= 15 is 0 Å². The number of nitrogens with two attached hydrogens (primary N) is 1. The lowest BCUT2D eigenvalue weighted by Crippen LogP contribution is -2.44. The first-order valence-electron chi connectivity index (χ1n) is 5.95. The van der Waals surface area contributed by atoms with Gasteiger partial charge in [-0.05, 0) is 25.7 Å². The van der Waals surface area contributed by atoms with E-state index < -0.39 is 9.84 Å². The van der Waals surface area contributed by atoms with Crippen molar-refractivity contribution in [2.75, 3.05) is 18.6 Å². The van der Waals surface area contributed by atoms with Crippen molar-refractivity contribution >= 4 is 9.84 Å². The second kappa shape index (κ2) is 5.47. The minimum Gasteiger partial charge on any atom is -0.393 e. The highest BCUT2D eigenvalue weighted by Gasteiger charge is 2.38. The molecule has 1 aliphatic carbocycles. The van der Waals surface area contributed by atoms with Crippen LogP contribution in [0.5, 0.6) is 0 Å². The van der Waals surface area contributed by atoms with Crippen molar-refractivity contribution in [3.8, 4) is 0 Å². The second-order valence-electron chi connectivity index (χ2n) is 5.06. The Hall–Kier alpha value is -0.130. The molecule has 1 aliphatic rings. The van der Waals surface area contributed by atoms with Gasteiger partial charge in [0, 0.05) is 24.0 Å². The van der Waals surface area contributed by atoms with Crippen LogP contribution >= 0.6 is 0 Å². The molecule has 0 aromatic carbocycles. The Labute approximate surface area is 98.1 Å². The molecule has 96 valence electrons. The highest BCUT2D eigenvalue weighted by atomic mass is 32.2. The monoisotopic (exact) mass is 249 g/mol. The summed E-state index contributed by atoms with van der Waals surface area (Å²) >= 11 is 0. The topological polar surface area (TPSA) is 80.4 Å². The molecule has 2 unspecified atom stereocenters. The molecular formula is C11H23NO3S. The van der Waals surface area contributed by atoms with Crippen LogP contribution in [-0.2, 0) is 9.84 Å². The van der Waals surface area contributed by atoms with E-state index in [1.807, 2.05) is 0 Å². The molecule has 1 fully saturated rings. The minimum absolute atomic E-state index is 0.196. The van der Waals surface area contributed by atoms with Crippen LogP contribution in [0.15, 0.2) is 0 Å². The number of aliphatic hydroxyl groups is 1. The summed E-state index contributed by atoms with van der Waals surface area (Å²) < 4.78 is 22.1. The molecule has 0 heterocycles. The number of rotatable bonds is 5. The average Bonchev–Trinajstić information content (AvgIpc) is 2.19. The maximum atomic E-state index is 11.1. The van der Waals surface area contributed by atoms with Crippen molar-refractivity contribution in [3.63, 3.8) is 0 Å². The third-order valence-electron chi connectivity index (χ3n) is 3.71. The zero-order valence-corrected chi connectivity index (χ0v) is 10.8. The van der Waals surface area contributed by atoms with Crippen LogP contribution in [0.3, 0.4) is 0 Å². The zero-order chi connectivity index (χ0) is 12.2. The van der Waals surface area contributed by atoms with Crippen molar-refractivity contribution in [2.45, 2.75) is 44.6 Å². The van der Waals surface area contributed by atoms with Gasteiger partial charge in [0.2, 0.25) is 0 Å². The first-order chi connectivity index (χ1) is 7.40. The molecule has 0 aromatic heterocycles. The van der Waals surface area contributed by atoms with Gasteiger partial charge in [-0.15, -0.1) is 0 Å². The van der Waals surface area contributed by atoms with Gasteiger partial charge in [0.15, 0.2) is 0 Å². The van der Waals surface area contributed by atoms with Crippen LogP contribution in [0.2, 0.25) is 0 Å². The minimum atomic E-state index is -2.90. The van der Waals surface area contributed by atoms with E-state index in [4.69, 9.17) is 5.73 Å². The fourth-order valence-electron chi connectivity index (χ4n) is 2.61. The van der Waals surface area contributed by atoms with Crippen molar-refractivity contribution in [1.82, 2.24) is 0 Å². The number of hydrogen-bond donors (Lipinski definition) is 2. The van der Waals surface area contributed by atoms with Crippen molar-refractivity contribution in [1.29, 1.82) is 0 Å². The van der Waals surface area contributed by atoms with E-state index in [2.05, 4.69) is 0 Å². The molecular weight excluding hydrogens is 226 g/mol. The highest BCUT2D eigenvalue weighted by Crippen LogP contribution is 2.39. The van der Waals surface area contributed by atoms with E-state index in [1.165, 1.54) is 6.26 Å². The van der Waals surface area contributed by atoms with Crippen LogP contribution in [0.1, 0.15) is 38.5 Å². The van der Waals surface area contributed by atoms with Crippen LogP contribution in [0, 0.1) is 5.41 Å². The zero-order valence-electron chi connectivity index (χ0n) is 9.98. The molecule has 0 bridgehead atoms. The van der Waals surface area contributed by atoms with E-state index in [9.17, 15) is 13.5 Å². The molecule has 4 nitrogen and oxygen atoms in total. The first-order valence-corrected chi connectivity index (χ1v) is 8.01. The van der Waals surface area contributed by atoms with Gasteiger partial charge in [-0.2, -0.15) is 0 Å². The number of sulfone groups is 1. The van der Waals surface area contributed by atoms with Crippen molar-refractivity contribution in [3.05, 3.63) is 0 Å². The molecule has 0 amide bonds. The molecule has 0 spiro atoms. The number of hydrogen-bond acceptors (Lipinski definition) is 4. The molecule has 3 N–H and O–H groups in total. The predicted octanol–water partition coefficient (Wildman–Crippen LogP) is 0.691. The first kappa shape index (κ1) is 13.9. The third kappa shape index (κ3) is 3.71. The summed E-state index contributed by atoms with van der Waals surface area (Å²) in [6, 6.07) is 0. The van der Waals surface area contributed by atoms with E-state index in [1.54, 1.807) is 0 Å². The second-order valence-corrected chi connectivity index (χ2v) is 7.32. The van der Waals surface area contributed by atoms with E-state index in [0.717, 1.165) is 32.1 Å². The highest BCUT2D eigenvalue weighted by molar-refractivity contribution is 7.90. The lowest BCUT2D eigenvalue weighted by atomic mass is 9.69. The summed E-state index contributed by atoms with van der Waals surface area (Å²) in [5.74, 6) is 0.196. The largest absolute Gasteiger partial charge is 0.393 e. The average molecular weight is 249 g/mol. The van der Waals surface area contributed by atoms with Crippen LogP contribution in [0.25, 0.3) is 0 Å². The summed E-state index contributed by atoms with van der Waals surface area (Å²) in [4.78, 5) is 0. The number of aliphatic hydroxyl groups excluding tert-OH is 1. The Balaban J connectivity index is 2.53. The Kier molecular flexibility index (Phi) is 4.76. The molecule has 0 aliphatic heterocycles. The molecule has 16 heavy (non-hydrogen) atoms. The van der Waals surface area contributed by atoms with Gasteiger partial charge >= 0.3 is 0 Å². The van der Waals surface area contributed by atoms with Crippen molar-refractivity contribution in [2.24, 2.45) is 11.1 Å². The normalized spacial score (nSPS) is 31.6. The molecule has 1 rings (SSSR count). The summed E-state index contributed by atoms with van der Waals surface area (Å²) in [7, 11) is -2.90. The Morgan fingerprint density at radius 1 is 1.44 bits per heavy atom. The van der Waals surface area contributed by atoms with Gasteiger partial charge < -0.3 is 10.8 Å². The molecule has 0 aromatic rings. The van der Waals surface area contributed by atoms with Crippen LogP contribution < -0.4 is 5.73 Å². The SMILES string of the molecule is CS(=O)(=O)CCCC1(CN)CCCCC1O. The smallest absolute Gasteiger partial charge is 0.147 e.